The van der Waals surface area contributed by atoms with Crippen LogP contribution in [0.5, 0.6) is 5.75 Å². The van der Waals surface area contributed by atoms with Crippen molar-refractivity contribution in [3.05, 3.63) is 29.8 Å². The van der Waals surface area contributed by atoms with Gasteiger partial charge in [-0.25, -0.2) is 0 Å². The Balaban J connectivity index is 3.13. The zero-order valence-electron chi connectivity index (χ0n) is 10.5. The molecule has 0 saturated heterocycles. The Morgan fingerprint density at radius 3 is 2.10 bits per heavy atom. The molecule has 0 radical (unpaired) electrons. The summed E-state index contributed by atoms with van der Waals surface area (Å²) in [5.74, 6) is -1.42. The Labute approximate surface area is 115 Å². The van der Waals surface area contributed by atoms with Crippen molar-refractivity contribution in [1.29, 1.82) is 0 Å². The fourth-order valence-corrected chi connectivity index (χ4v) is 1.49. The summed E-state index contributed by atoms with van der Waals surface area (Å²) in [4.78, 5) is 11.6. The zero-order valence-corrected chi connectivity index (χ0v) is 10.5. The third kappa shape index (κ3) is 3.46. The summed E-state index contributed by atoms with van der Waals surface area (Å²) in [6.07, 6.45) is -14.2. The first-order valence-electron chi connectivity index (χ1n) is 5.45. The first-order valence-corrected chi connectivity index (χ1v) is 5.45. The van der Waals surface area contributed by atoms with Gasteiger partial charge in [0.25, 0.3) is 5.60 Å². The fraction of sp³-hybridized carbons (Fsp3) is 0.417. The second-order valence-electron chi connectivity index (χ2n) is 4.19. The first-order chi connectivity index (χ1) is 9.42. The molecule has 1 N–H and O–H groups in total. The highest BCUT2D eigenvalue weighted by atomic mass is 19.4. The standard InChI is InChI=1S/C12H10F6O3/c1-21-8-4-2-3-7(5-8)9(19)6-10(20,11(13,14)15)12(16,17)18/h2-5,20H,6H2,1H3. The molecule has 118 valence electrons. The molecule has 1 aromatic carbocycles. The molecule has 0 aliphatic carbocycles. The number of halogens is 6. The van der Waals surface area contributed by atoms with E-state index in [0.29, 0.717) is 0 Å². The van der Waals surface area contributed by atoms with E-state index in [1.54, 1.807) is 0 Å². The smallest absolute Gasteiger partial charge is 0.426 e. The SMILES string of the molecule is COc1cccc(C(=O)CC(O)(C(F)(F)F)C(F)(F)F)c1. The Morgan fingerprint density at radius 2 is 1.67 bits per heavy atom. The molecule has 0 aliphatic rings. The maximum Gasteiger partial charge on any atom is 0.426 e. The molecule has 3 nitrogen and oxygen atoms in total. The number of benzene rings is 1. The second-order valence-corrected chi connectivity index (χ2v) is 4.19. The van der Waals surface area contributed by atoms with Crippen LogP contribution < -0.4 is 4.74 Å². The molecular weight excluding hydrogens is 306 g/mol. The average molecular weight is 316 g/mol. The van der Waals surface area contributed by atoms with Crippen LogP contribution in [0.4, 0.5) is 26.3 Å². The van der Waals surface area contributed by atoms with E-state index >= 15 is 0 Å². The van der Waals surface area contributed by atoms with Crippen LogP contribution in [0.2, 0.25) is 0 Å². The van der Waals surface area contributed by atoms with Crippen molar-refractivity contribution in [2.24, 2.45) is 0 Å². The lowest BCUT2D eigenvalue weighted by Gasteiger charge is -2.31. The van der Waals surface area contributed by atoms with E-state index in [1.807, 2.05) is 0 Å². The highest BCUT2D eigenvalue weighted by Gasteiger charge is 2.70. The number of Topliss-reactive ketones (excluding diaryl/α,β-unsaturated/α-hetero) is 1. The number of hydrogen-bond acceptors (Lipinski definition) is 3. The molecule has 1 rings (SSSR count). The van der Waals surface area contributed by atoms with Crippen molar-refractivity contribution in [3.63, 3.8) is 0 Å². The van der Waals surface area contributed by atoms with Crippen molar-refractivity contribution in [2.75, 3.05) is 7.11 Å². The molecule has 0 aliphatic heterocycles. The molecule has 0 fully saturated rings. The van der Waals surface area contributed by atoms with E-state index < -0.39 is 35.7 Å². The van der Waals surface area contributed by atoms with E-state index in [1.165, 1.54) is 19.2 Å². The van der Waals surface area contributed by atoms with E-state index in [2.05, 4.69) is 0 Å². The molecular formula is C12H10F6O3. The number of carbonyl (C=O) groups is 1. The highest BCUT2D eigenvalue weighted by molar-refractivity contribution is 5.97. The van der Waals surface area contributed by atoms with Gasteiger partial charge in [0.1, 0.15) is 5.75 Å². The number of carbonyl (C=O) groups excluding carboxylic acids is 1. The molecule has 21 heavy (non-hydrogen) atoms. The molecule has 9 heteroatoms. The van der Waals surface area contributed by atoms with Gasteiger partial charge in [0.05, 0.1) is 13.5 Å². The maximum atomic E-state index is 12.5. The molecule has 1 aromatic rings. The third-order valence-corrected chi connectivity index (χ3v) is 2.75. The topological polar surface area (TPSA) is 46.5 Å². The van der Waals surface area contributed by atoms with E-state index in [4.69, 9.17) is 9.84 Å². The van der Waals surface area contributed by atoms with Gasteiger partial charge < -0.3 is 9.84 Å². The zero-order chi connectivity index (χ0) is 16.5. The van der Waals surface area contributed by atoms with Crippen LogP contribution in [0.3, 0.4) is 0 Å². The predicted molar refractivity (Wildman–Crippen MR) is 59.0 cm³/mol. The number of ketones is 1. The highest BCUT2D eigenvalue weighted by Crippen LogP contribution is 2.45. The fourth-order valence-electron chi connectivity index (χ4n) is 1.49. The monoisotopic (exact) mass is 316 g/mol. The molecule has 0 amide bonds. The molecule has 0 aromatic heterocycles. The number of ether oxygens (including phenoxy) is 1. The Hall–Kier alpha value is -1.77. The predicted octanol–water partition coefficient (Wildman–Crippen LogP) is 3.12. The van der Waals surface area contributed by atoms with Gasteiger partial charge in [-0.05, 0) is 12.1 Å². The van der Waals surface area contributed by atoms with Gasteiger partial charge in [-0.3, -0.25) is 4.79 Å². The van der Waals surface area contributed by atoms with Crippen LogP contribution in [-0.4, -0.2) is 36.0 Å². The Bertz CT molecular complexity index is 506. The second kappa shape index (κ2) is 5.55. The normalized spacial score (nSPS) is 13.1. The lowest BCUT2D eigenvalue weighted by atomic mass is 9.92. The van der Waals surface area contributed by atoms with Crippen molar-refractivity contribution in [2.45, 2.75) is 24.4 Å². The number of aliphatic hydroxyl groups is 1. The summed E-state index contributed by atoms with van der Waals surface area (Å²) in [6, 6.07) is 4.59. The van der Waals surface area contributed by atoms with Gasteiger partial charge in [-0.15, -0.1) is 0 Å². The van der Waals surface area contributed by atoms with Crippen LogP contribution in [0, 0.1) is 0 Å². The van der Waals surface area contributed by atoms with E-state index in [9.17, 15) is 31.1 Å². The number of hydrogen-bond donors (Lipinski definition) is 1. The minimum absolute atomic E-state index is 0.0865. The van der Waals surface area contributed by atoms with Gasteiger partial charge in [0.15, 0.2) is 5.78 Å². The molecule has 0 bridgehead atoms. The Kier molecular flexibility index (Phi) is 4.57. The number of rotatable bonds is 4. The summed E-state index contributed by atoms with van der Waals surface area (Å²) in [7, 11) is 1.21. The lowest BCUT2D eigenvalue weighted by Crippen LogP contribution is -2.57. The van der Waals surface area contributed by atoms with Crippen LogP contribution in [0.1, 0.15) is 16.8 Å². The van der Waals surface area contributed by atoms with Crippen molar-refractivity contribution < 1.29 is 41.0 Å². The molecule has 0 unspecified atom stereocenters. The summed E-state index contributed by atoms with van der Waals surface area (Å²) >= 11 is 0. The molecule has 0 saturated carbocycles. The quantitative estimate of drug-likeness (QED) is 0.686. The minimum atomic E-state index is -6.03. The summed E-state index contributed by atoms with van der Waals surface area (Å²) in [5, 5.41) is 8.94. The summed E-state index contributed by atoms with van der Waals surface area (Å²) < 4.78 is 79.6. The summed E-state index contributed by atoms with van der Waals surface area (Å²) in [5.41, 5.74) is -5.53. The molecule has 0 spiro atoms. The van der Waals surface area contributed by atoms with Crippen LogP contribution in [0.15, 0.2) is 24.3 Å². The largest absolute Gasteiger partial charge is 0.497 e. The minimum Gasteiger partial charge on any atom is -0.497 e. The van der Waals surface area contributed by atoms with Crippen molar-refractivity contribution >= 4 is 5.78 Å². The molecule has 0 heterocycles. The van der Waals surface area contributed by atoms with Crippen molar-refractivity contribution in [3.8, 4) is 5.75 Å². The Morgan fingerprint density at radius 1 is 1.14 bits per heavy atom. The van der Waals surface area contributed by atoms with Gasteiger partial charge in [0.2, 0.25) is 0 Å². The van der Waals surface area contributed by atoms with Gasteiger partial charge in [-0.1, -0.05) is 12.1 Å². The summed E-state index contributed by atoms with van der Waals surface area (Å²) in [6.45, 7) is 0. The van der Waals surface area contributed by atoms with Crippen molar-refractivity contribution in [1.82, 2.24) is 0 Å². The number of alkyl halides is 6. The van der Waals surface area contributed by atoms with E-state index in [-0.39, 0.29) is 5.75 Å². The first kappa shape index (κ1) is 17.3. The van der Waals surface area contributed by atoms with Crippen LogP contribution >= 0.6 is 0 Å². The number of methoxy groups -OCH3 is 1. The molecule has 0 atom stereocenters. The van der Waals surface area contributed by atoms with Crippen LogP contribution in [0.25, 0.3) is 0 Å². The lowest BCUT2D eigenvalue weighted by molar-refractivity contribution is -0.365. The maximum absolute atomic E-state index is 12.5. The van der Waals surface area contributed by atoms with E-state index in [0.717, 1.165) is 12.1 Å². The van der Waals surface area contributed by atoms with Gasteiger partial charge in [0, 0.05) is 5.56 Å². The third-order valence-electron chi connectivity index (χ3n) is 2.75. The van der Waals surface area contributed by atoms with Crippen LogP contribution in [-0.2, 0) is 0 Å². The van der Waals surface area contributed by atoms with Gasteiger partial charge in [-0.2, -0.15) is 26.3 Å². The van der Waals surface area contributed by atoms with Gasteiger partial charge >= 0.3 is 12.4 Å². The average Bonchev–Trinajstić information content (AvgIpc) is 2.36.